The number of halogens is 1. The van der Waals surface area contributed by atoms with E-state index in [0.29, 0.717) is 17.7 Å². The van der Waals surface area contributed by atoms with Gasteiger partial charge >= 0.3 is 6.09 Å². The van der Waals surface area contributed by atoms with Crippen LogP contribution >= 0.6 is 22.6 Å². The van der Waals surface area contributed by atoms with Crippen molar-refractivity contribution in [1.82, 2.24) is 0 Å². The Labute approximate surface area is 161 Å². The van der Waals surface area contributed by atoms with E-state index in [9.17, 15) is 15.0 Å². The minimum atomic E-state index is -0.710. The zero-order chi connectivity index (χ0) is 18.4. The molecule has 0 aromatic heterocycles. The number of ether oxygens (including phenoxy) is 1. The van der Waals surface area contributed by atoms with Crippen LogP contribution in [-0.4, -0.2) is 22.9 Å². The minimum Gasteiger partial charge on any atom is -0.508 e. The second-order valence-corrected chi connectivity index (χ2v) is 7.69. The quantitative estimate of drug-likeness (QED) is 0.552. The number of aromatic hydroxyl groups is 1. The molecule has 6 heteroatoms. The molecule has 0 spiro atoms. The van der Waals surface area contributed by atoms with Crippen molar-refractivity contribution in [1.29, 1.82) is 0 Å². The molecule has 2 aromatic carbocycles. The first kappa shape index (κ1) is 19.5. The predicted molar refractivity (Wildman–Crippen MR) is 106 cm³/mol. The summed E-state index contributed by atoms with van der Waals surface area (Å²) < 4.78 is 6.59. The molecule has 0 unspecified atom stereocenters. The number of carbonyl (C=O) groups is 1. The zero-order valence-corrected chi connectivity index (χ0v) is 16.4. The molecule has 0 heterocycles. The van der Waals surface area contributed by atoms with Crippen LogP contribution in [-0.2, 0) is 4.74 Å². The molecule has 25 heavy (non-hydrogen) atoms. The van der Waals surface area contributed by atoms with Gasteiger partial charge < -0.3 is 14.9 Å². The molecule has 2 rings (SSSR count). The van der Waals surface area contributed by atoms with Crippen molar-refractivity contribution in [3.05, 3.63) is 57.7 Å². The van der Waals surface area contributed by atoms with E-state index in [4.69, 9.17) is 4.74 Å². The first-order chi connectivity index (χ1) is 11.8. The maximum absolute atomic E-state index is 12.4. The molecule has 0 fully saturated rings. The topological polar surface area (TPSA) is 78.8 Å². The highest BCUT2D eigenvalue weighted by Crippen LogP contribution is 2.43. The molecule has 134 valence electrons. The normalized spacial score (nSPS) is 12.5. The Morgan fingerprint density at radius 1 is 1.24 bits per heavy atom. The highest BCUT2D eigenvalue weighted by molar-refractivity contribution is 14.1. The van der Waals surface area contributed by atoms with Gasteiger partial charge in [0.05, 0.1) is 0 Å². The van der Waals surface area contributed by atoms with E-state index in [1.54, 1.807) is 30.3 Å². The standard InChI is InChI=1S/C19H22INO4/c1-19(2,10-11-22)17(15-12-13(20)8-9-16(15)23)25-18(24)21-14-6-4-3-5-7-14/h3-9,12,17,22-23H,10-11H2,1-2H3,(H,21,24)/t17-/m1/s1. The summed E-state index contributed by atoms with van der Waals surface area (Å²) in [6.45, 7) is 3.74. The third-order valence-corrected chi connectivity index (χ3v) is 4.65. The minimum absolute atomic E-state index is 0.0438. The lowest BCUT2D eigenvalue weighted by atomic mass is 9.79. The summed E-state index contributed by atoms with van der Waals surface area (Å²) in [7, 11) is 0. The lowest BCUT2D eigenvalue weighted by molar-refractivity contribution is 0.0138. The van der Waals surface area contributed by atoms with E-state index in [0.717, 1.165) is 3.57 Å². The average molecular weight is 455 g/mol. The first-order valence-corrected chi connectivity index (χ1v) is 9.03. The van der Waals surface area contributed by atoms with Crippen LogP contribution in [0, 0.1) is 8.99 Å². The molecular weight excluding hydrogens is 433 g/mol. The number of phenols is 1. The summed E-state index contributed by atoms with van der Waals surface area (Å²) in [5, 5.41) is 22.3. The van der Waals surface area contributed by atoms with Crippen LogP contribution in [0.1, 0.15) is 31.9 Å². The van der Waals surface area contributed by atoms with Gasteiger partial charge in [0.2, 0.25) is 0 Å². The van der Waals surface area contributed by atoms with Crippen molar-refractivity contribution in [2.45, 2.75) is 26.4 Å². The van der Waals surface area contributed by atoms with Gasteiger partial charge in [-0.25, -0.2) is 4.79 Å². The van der Waals surface area contributed by atoms with Crippen LogP contribution in [0.3, 0.4) is 0 Å². The Bertz CT molecular complexity index is 719. The van der Waals surface area contributed by atoms with Crippen LogP contribution in [0.5, 0.6) is 5.75 Å². The van der Waals surface area contributed by atoms with Gasteiger partial charge in [-0.2, -0.15) is 0 Å². The van der Waals surface area contributed by atoms with Crippen LogP contribution in [0.15, 0.2) is 48.5 Å². The molecule has 3 N–H and O–H groups in total. The molecule has 1 amide bonds. The van der Waals surface area contributed by atoms with Crippen LogP contribution in [0.4, 0.5) is 10.5 Å². The van der Waals surface area contributed by atoms with Crippen LogP contribution in [0.25, 0.3) is 0 Å². The van der Waals surface area contributed by atoms with Crippen molar-refractivity contribution >= 4 is 34.4 Å². The second kappa shape index (κ2) is 8.53. The predicted octanol–water partition coefficient (Wildman–Crippen LogP) is 4.70. The number of hydrogen-bond donors (Lipinski definition) is 3. The number of carbonyl (C=O) groups excluding carboxylic acids is 1. The van der Waals surface area contributed by atoms with Crippen LogP contribution in [0.2, 0.25) is 0 Å². The lowest BCUT2D eigenvalue weighted by Crippen LogP contribution is -2.30. The third kappa shape index (κ3) is 5.34. The van der Waals surface area contributed by atoms with Crippen LogP contribution < -0.4 is 5.32 Å². The number of rotatable bonds is 6. The highest BCUT2D eigenvalue weighted by atomic mass is 127. The van der Waals surface area contributed by atoms with E-state index in [1.165, 1.54) is 0 Å². The van der Waals surface area contributed by atoms with E-state index >= 15 is 0 Å². The molecule has 0 radical (unpaired) electrons. The molecule has 0 bridgehead atoms. The van der Waals surface area contributed by atoms with Gasteiger partial charge in [-0.05, 0) is 59.3 Å². The largest absolute Gasteiger partial charge is 0.508 e. The van der Waals surface area contributed by atoms with E-state index in [1.807, 2.05) is 32.0 Å². The zero-order valence-electron chi connectivity index (χ0n) is 14.2. The molecule has 0 saturated heterocycles. The Morgan fingerprint density at radius 3 is 2.56 bits per heavy atom. The number of aliphatic hydroxyl groups is 1. The summed E-state index contributed by atoms with van der Waals surface area (Å²) in [5.41, 5.74) is 0.580. The molecule has 5 nitrogen and oxygen atoms in total. The fourth-order valence-corrected chi connectivity index (χ4v) is 3.09. The maximum atomic E-state index is 12.4. The van der Waals surface area contributed by atoms with Gasteiger partial charge in [0.1, 0.15) is 11.9 Å². The SMILES string of the molecule is CC(C)(CCO)[C@H](OC(=O)Nc1ccccc1)c1cc(I)ccc1O. The maximum Gasteiger partial charge on any atom is 0.412 e. The second-order valence-electron chi connectivity index (χ2n) is 6.44. The molecular formula is C19H22INO4. The van der Waals surface area contributed by atoms with Gasteiger partial charge in [-0.3, -0.25) is 5.32 Å². The molecule has 0 aliphatic rings. The number of para-hydroxylation sites is 1. The van der Waals surface area contributed by atoms with Crippen molar-refractivity contribution in [2.24, 2.45) is 5.41 Å². The number of hydrogen-bond acceptors (Lipinski definition) is 4. The van der Waals surface area contributed by atoms with Crippen molar-refractivity contribution in [3.8, 4) is 5.75 Å². The van der Waals surface area contributed by atoms with Gasteiger partial charge in [-0.15, -0.1) is 0 Å². The third-order valence-electron chi connectivity index (χ3n) is 3.98. The van der Waals surface area contributed by atoms with Gasteiger partial charge in [0.15, 0.2) is 0 Å². The van der Waals surface area contributed by atoms with Gasteiger partial charge in [-0.1, -0.05) is 32.0 Å². The number of nitrogens with one attached hydrogen (secondary N) is 1. The number of amides is 1. The summed E-state index contributed by atoms with van der Waals surface area (Å²) in [6, 6.07) is 14.2. The Kier molecular flexibility index (Phi) is 6.66. The smallest absolute Gasteiger partial charge is 0.412 e. The van der Waals surface area contributed by atoms with Crippen molar-refractivity contribution < 1.29 is 19.7 Å². The van der Waals surface area contributed by atoms with Gasteiger partial charge in [0, 0.05) is 26.8 Å². The molecule has 0 saturated carbocycles. The summed E-state index contributed by atoms with van der Waals surface area (Å²) >= 11 is 2.14. The Balaban J connectivity index is 2.28. The average Bonchev–Trinajstić information content (AvgIpc) is 2.56. The fourth-order valence-electron chi connectivity index (χ4n) is 2.57. The lowest BCUT2D eigenvalue weighted by Gasteiger charge is -2.34. The fraction of sp³-hybridized carbons (Fsp3) is 0.316. The number of phenolic OH excluding ortho intramolecular Hbond substituents is 1. The van der Waals surface area contributed by atoms with E-state index in [2.05, 4.69) is 27.9 Å². The summed E-state index contributed by atoms with van der Waals surface area (Å²) in [6.07, 6.45) is -0.903. The molecule has 2 aromatic rings. The monoisotopic (exact) mass is 455 g/mol. The molecule has 0 aliphatic heterocycles. The van der Waals surface area contributed by atoms with Gasteiger partial charge in [0.25, 0.3) is 0 Å². The highest BCUT2D eigenvalue weighted by Gasteiger charge is 2.35. The van der Waals surface area contributed by atoms with Crippen molar-refractivity contribution in [3.63, 3.8) is 0 Å². The summed E-state index contributed by atoms with van der Waals surface area (Å²) in [5.74, 6) is 0.0592. The van der Waals surface area contributed by atoms with E-state index < -0.39 is 17.6 Å². The first-order valence-electron chi connectivity index (χ1n) is 7.95. The molecule has 0 aliphatic carbocycles. The number of aliphatic hydroxyl groups excluding tert-OH is 1. The van der Waals surface area contributed by atoms with E-state index in [-0.39, 0.29) is 12.4 Å². The Hall–Kier alpha value is -1.80. The van der Waals surface area contributed by atoms with Crippen molar-refractivity contribution in [2.75, 3.05) is 11.9 Å². The molecule has 1 atom stereocenters. The number of anilines is 1. The summed E-state index contributed by atoms with van der Waals surface area (Å²) in [4.78, 5) is 12.4. The Morgan fingerprint density at radius 2 is 1.92 bits per heavy atom. The number of benzene rings is 2.